The van der Waals surface area contributed by atoms with Crippen molar-refractivity contribution in [3.63, 3.8) is 0 Å². The Kier molecular flexibility index (Phi) is 5.92. The van der Waals surface area contributed by atoms with Crippen molar-refractivity contribution in [2.24, 2.45) is 11.7 Å². The summed E-state index contributed by atoms with van der Waals surface area (Å²) in [5.74, 6) is -1.21. The first-order chi connectivity index (χ1) is 15.9. The Hall–Kier alpha value is -2.78. The van der Waals surface area contributed by atoms with E-state index in [1.165, 1.54) is 0 Å². The first-order valence-electron chi connectivity index (χ1n) is 12.0. The molecule has 176 valence electrons. The maximum absolute atomic E-state index is 13.1. The summed E-state index contributed by atoms with van der Waals surface area (Å²) in [7, 11) is 0. The van der Waals surface area contributed by atoms with E-state index in [2.05, 4.69) is 15.1 Å². The highest BCUT2D eigenvalue weighted by atomic mass is 16.2. The number of nitrogens with zero attached hydrogens (tertiary/aromatic N) is 3. The molecule has 0 saturated carbocycles. The summed E-state index contributed by atoms with van der Waals surface area (Å²) in [6, 6.07) is 4.79. The molecule has 1 atom stereocenters. The maximum Gasteiger partial charge on any atom is 0.262 e. The molecule has 9 heteroatoms. The van der Waals surface area contributed by atoms with E-state index in [1.54, 1.807) is 12.1 Å². The molecule has 0 aliphatic carbocycles. The molecule has 4 aliphatic rings. The Morgan fingerprint density at radius 2 is 1.58 bits per heavy atom. The van der Waals surface area contributed by atoms with Crippen molar-refractivity contribution in [2.75, 3.05) is 37.6 Å². The third-order valence-corrected chi connectivity index (χ3v) is 7.55. The van der Waals surface area contributed by atoms with E-state index in [4.69, 9.17) is 5.73 Å². The van der Waals surface area contributed by atoms with Gasteiger partial charge in [0.2, 0.25) is 11.8 Å². The highest BCUT2D eigenvalue weighted by Crippen LogP contribution is 2.32. The van der Waals surface area contributed by atoms with Gasteiger partial charge in [-0.25, -0.2) is 0 Å². The van der Waals surface area contributed by atoms with Crippen LogP contribution in [0.3, 0.4) is 0 Å². The monoisotopic (exact) mass is 453 g/mol. The fourth-order valence-corrected chi connectivity index (χ4v) is 5.53. The van der Waals surface area contributed by atoms with E-state index in [1.807, 2.05) is 6.07 Å². The number of fused-ring (bicyclic) bond motifs is 1. The lowest BCUT2D eigenvalue weighted by Gasteiger charge is -2.38. The standard InChI is InChI=1S/C24H31N5O4/c25-16-7-9-27(10-8-16)14-15-5-11-28(12-6-15)17-1-2-18-19(13-17)24(33)29(23(18)32)20-3-4-21(30)26-22(20)31/h1-2,13,15-16,20H,3-12,14,25H2,(H,26,30,31). The normalized spacial score (nSPS) is 25.5. The second kappa shape index (κ2) is 8.87. The zero-order valence-corrected chi connectivity index (χ0v) is 18.8. The number of carbonyl (C=O) groups is 4. The molecule has 1 aromatic rings. The zero-order chi connectivity index (χ0) is 23.1. The quantitative estimate of drug-likeness (QED) is 0.646. The number of rotatable bonds is 4. The number of piperidine rings is 3. The lowest BCUT2D eigenvalue weighted by atomic mass is 9.94. The van der Waals surface area contributed by atoms with Crippen LogP contribution < -0.4 is 16.0 Å². The third kappa shape index (κ3) is 4.27. The second-order valence-corrected chi connectivity index (χ2v) is 9.75. The minimum absolute atomic E-state index is 0.119. The molecule has 33 heavy (non-hydrogen) atoms. The Labute approximate surface area is 193 Å². The molecule has 5 rings (SSSR count). The predicted octanol–water partition coefficient (Wildman–Crippen LogP) is 0.727. The molecule has 4 amide bonds. The fourth-order valence-electron chi connectivity index (χ4n) is 5.53. The second-order valence-electron chi connectivity index (χ2n) is 9.75. The zero-order valence-electron chi connectivity index (χ0n) is 18.8. The highest BCUT2D eigenvalue weighted by Gasteiger charge is 2.44. The molecule has 9 nitrogen and oxygen atoms in total. The Bertz CT molecular complexity index is 979. The fraction of sp³-hybridized carbons (Fsp3) is 0.583. The molecule has 3 N–H and O–H groups in total. The Morgan fingerprint density at radius 1 is 0.879 bits per heavy atom. The number of nitrogens with one attached hydrogen (secondary N) is 1. The topological polar surface area (TPSA) is 116 Å². The number of hydrogen-bond acceptors (Lipinski definition) is 7. The molecule has 0 bridgehead atoms. The number of likely N-dealkylation sites (tertiary alicyclic amines) is 1. The van der Waals surface area contributed by atoms with Gasteiger partial charge in [0, 0.05) is 37.8 Å². The van der Waals surface area contributed by atoms with Crippen LogP contribution >= 0.6 is 0 Å². The van der Waals surface area contributed by atoms with E-state index in [-0.39, 0.29) is 18.7 Å². The lowest BCUT2D eigenvalue weighted by Crippen LogP contribution is -2.54. The molecule has 3 saturated heterocycles. The summed E-state index contributed by atoms with van der Waals surface area (Å²) in [4.78, 5) is 55.5. The maximum atomic E-state index is 13.1. The molecule has 0 aromatic heterocycles. The third-order valence-electron chi connectivity index (χ3n) is 7.55. The average Bonchev–Trinajstić information content (AvgIpc) is 3.06. The van der Waals surface area contributed by atoms with Gasteiger partial charge in [-0.15, -0.1) is 0 Å². The van der Waals surface area contributed by atoms with Crippen LogP contribution in [0.1, 0.15) is 59.2 Å². The average molecular weight is 454 g/mol. The van der Waals surface area contributed by atoms with Gasteiger partial charge in [-0.2, -0.15) is 0 Å². The van der Waals surface area contributed by atoms with Crippen LogP contribution in [-0.2, 0) is 9.59 Å². The van der Waals surface area contributed by atoms with Crippen molar-refractivity contribution in [1.29, 1.82) is 0 Å². The summed E-state index contributed by atoms with van der Waals surface area (Å²) in [5, 5.41) is 2.23. The molecule has 4 heterocycles. The van der Waals surface area contributed by atoms with Crippen LogP contribution in [0.4, 0.5) is 5.69 Å². The molecule has 1 unspecified atom stereocenters. The predicted molar refractivity (Wildman–Crippen MR) is 122 cm³/mol. The first kappa shape index (κ1) is 22.0. The summed E-state index contributed by atoms with van der Waals surface area (Å²) in [6.07, 6.45) is 4.63. The van der Waals surface area contributed by atoms with Crippen LogP contribution in [-0.4, -0.2) is 78.2 Å². The summed E-state index contributed by atoms with van der Waals surface area (Å²) in [6.45, 7) is 5.13. The van der Waals surface area contributed by atoms with Gasteiger partial charge < -0.3 is 15.5 Å². The Morgan fingerprint density at radius 3 is 2.27 bits per heavy atom. The van der Waals surface area contributed by atoms with Gasteiger partial charge in [-0.05, 0) is 69.3 Å². The van der Waals surface area contributed by atoms with E-state index in [0.29, 0.717) is 23.1 Å². The first-order valence-corrected chi connectivity index (χ1v) is 12.0. The summed E-state index contributed by atoms with van der Waals surface area (Å²) >= 11 is 0. The van der Waals surface area contributed by atoms with Gasteiger partial charge in [-0.1, -0.05) is 0 Å². The van der Waals surface area contributed by atoms with Crippen molar-refractivity contribution in [1.82, 2.24) is 15.1 Å². The van der Waals surface area contributed by atoms with E-state index in [0.717, 1.165) is 69.0 Å². The van der Waals surface area contributed by atoms with Gasteiger partial charge in [-0.3, -0.25) is 29.4 Å². The van der Waals surface area contributed by atoms with E-state index in [9.17, 15) is 19.2 Å². The Balaban J connectivity index is 1.23. The smallest absolute Gasteiger partial charge is 0.262 e. The largest absolute Gasteiger partial charge is 0.371 e. The van der Waals surface area contributed by atoms with Crippen molar-refractivity contribution in [3.05, 3.63) is 29.3 Å². The van der Waals surface area contributed by atoms with Crippen molar-refractivity contribution in [2.45, 2.75) is 50.6 Å². The minimum atomic E-state index is -0.932. The molecule has 1 aromatic carbocycles. The van der Waals surface area contributed by atoms with Gasteiger partial charge in [0.05, 0.1) is 11.1 Å². The summed E-state index contributed by atoms with van der Waals surface area (Å²) < 4.78 is 0. The molecule has 0 radical (unpaired) electrons. The number of hydrogen-bond donors (Lipinski definition) is 2. The van der Waals surface area contributed by atoms with Crippen molar-refractivity contribution < 1.29 is 19.2 Å². The molecule has 3 fully saturated rings. The van der Waals surface area contributed by atoms with Crippen LogP contribution in [0.25, 0.3) is 0 Å². The van der Waals surface area contributed by atoms with Crippen LogP contribution in [0.5, 0.6) is 0 Å². The van der Waals surface area contributed by atoms with Gasteiger partial charge in [0.15, 0.2) is 0 Å². The summed E-state index contributed by atoms with van der Waals surface area (Å²) in [5.41, 5.74) is 7.62. The highest BCUT2D eigenvalue weighted by molar-refractivity contribution is 6.23. The molecular weight excluding hydrogens is 422 g/mol. The molecule has 0 spiro atoms. The van der Waals surface area contributed by atoms with Crippen molar-refractivity contribution in [3.8, 4) is 0 Å². The van der Waals surface area contributed by atoms with Gasteiger partial charge in [0.25, 0.3) is 11.8 Å². The SMILES string of the molecule is NC1CCN(CC2CCN(c3ccc4c(c3)C(=O)N(C3CCC(=O)NC3=O)C4=O)CC2)CC1. The minimum Gasteiger partial charge on any atom is -0.371 e. The number of carbonyl (C=O) groups excluding carboxylic acids is 4. The number of amides is 4. The molecule has 4 aliphatic heterocycles. The lowest BCUT2D eigenvalue weighted by molar-refractivity contribution is -0.136. The van der Waals surface area contributed by atoms with Crippen LogP contribution in [0.15, 0.2) is 18.2 Å². The number of anilines is 1. The number of benzene rings is 1. The van der Waals surface area contributed by atoms with E-state index < -0.39 is 23.8 Å². The van der Waals surface area contributed by atoms with Gasteiger partial charge >= 0.3 is 0 Å². The van der Waals surface area contributed by atoms with Gasteiger partial charge in [0.1, 0.15) is 6.04 Å². The van der Waals surface area contributed by atoms with E-state index >= 15 is 0 Å². The molecular formula is C24H31N5O4. The van der Waals surface area contributed by atoms with Crippen LogP contribution in [0.2, 0.25) is 0 Å². The van der Waals surface area contributed by atoms with Crippen molar-refractivity contribution >= 4 is 29.3 Å². The van der Waals surface area contributed by atoms with Crippen LogP contribution in [0, 0.1) is 5.92 Å². The number of imide groups is 2. The number of nitrogens with two attached hydrogens (primary N) is 1.